The Balaban J connectivity index is 1.98. The van der Waals surface area contributed by atoms with Crippen LogP contribution < -0.4 is 11.1 Å². The van der Waals surface area contributed by atoms with E-state index in [0.29, 0.717) is 19.6 Å². The third kappa shape index (κ3) is 8.48. The van der Waals surface area contributed by atoms with Crippen LogP contribution in [0.25, 0.3) is 0 Å². The average Bonchev–Trinajstić information content (AvgIpc) is 2.97. The van der Waals surface area contributed by atoms with Crippen LogP contribution in [0, 0.1) is 11.3 Å². The lowest BCUT2D eigenvalue weighted by atomic mass is 9.87. The highest BCUT2D eigenvalue weighted by Crippen LogP contribution is 2.28. The van der Waals surface area contributed by atoms with Gasteiger partial charge in [0.2, 0.25) is 5.91 Å². The number of carbonyl (C=O) groups excluding carboxylic acids is 1. The van der Waals surface area contributed by atoms with Crippen molar-refractivity contribution in [3.63, 3.8) is 0 Å². The zero-order valence-corrected chi connectivity index (χ0v) is 12.0. The van der Waals surface area contributed by atoms with Crippen molar-refractivity contribution >= 4 is 5.91 Å². The van der Waals surface area contributed by atoms with Crippen molar-refractivity contribution in [1.29, 1.82) is 0 Å². The Bertz CT molecular complexity index is 257. The molecule has 0 spiro atoms. The molecule has 1 aliphatic carbocycles. The molecule has 1 amide bonds. The molecule has 0 aromatic rings. The Hall–Kier alpha value is -0.610. The fourth-order valence-electron chi connectivity index (χ4n) is 1.97. The van der Waals surface area contributed by atoms with E-state index in [0.717, 1.165) is 18.9 Å². The molecule has 0 radical (unpaired) electrons. The summed E-state index contributed by atoms with van der Waals surface area (Å²) in [5.74, 6) is 0.808. The number of rotatable bonds is 8. The lowest BCUT2D eigenvalue weighted by molar-refractivity contribution is -0.121. The van der Waals surface area contributed by atoms with Crippen molar-refractivity contribution in [3.05, 3.63) is 0 Å². The number of amides is 1. The summed E-state index contributed by atoms with van der Waals surface area (Å²) in [6, 6.07) is -0.0580. The molecule has 1 fully saturated rings. The first-order valence-corrected chi connectivity index (χ1v) is 6.97. The van der Waals surface area contributed by atoms with E-state index >= 15 is 0 Å². The third-order valence-corrected chi connectivity index (χ3v) is 2.94. The van der Waals surface area contributed by atoms with Gasteiger partial charge in [0.15, 0.2) is 0 Å². The van der Waals surface area contributed by atoms with Gasteiger partial charge < -0.3 is 15.8 Å². The molecule has 0 bridgehead atoms. The number of ether oxygens (including phenoxy) is 1. The van der Waals surface area contributed by atoms with Gasteiger partial charge in [-0.3, -0.25) is 4.79 Å². The maximum Gasteiger partial charge on any atom is 0.221 e. The fourth-order valence-corrected chi connectivity index (χ4v) is 1.97. The van der Waals surface area contributed by atoms with E-state index in [2.05, 4.69) is 26.1 Å². The quantitative estimate of drug-likeness (QED) is 0.649. The summed E-state index contributed by atoms with van der Waals surface area (Å²) in [6.45, 7) is 8.45. The Labute approximate surface area is 111 Å². The van der Waals surface area contributed by atoms with Crippen molar-refractivity contribution in [1.82, 2.24) is 5.32 Å². The highest BCUT2D eigenvalue weighted by Gasteiger charge is 2.21. The topological polar surface area (TPSA) is 64.4 Å². The molecule has 1 aliphatic rings. The lowest BCUT2D eigenvalue weighted by Crippen LogP contribution is -2.35. The molecule has 0 aliphatic heterocycles. The van der Waals surface area contributed by atoms with E-state index in [1.54, 1.807) is 0 Å². The molecular weight excluding hydrogens is 228 g/mol. The third-order valence-electron chi connectivity index (χ3n) is 2.94. The predicted molar refractivity (Wildman–Crippen MR) is 73.2 cm³/mol. The smallest absolute Gasteiger partial charge is 0.221 e. The first kappa shape index (κ1) is 15.4. The van der Waals surface area contributed by atoms with Crippen LogP contribution in [0.1, 0.15) is 46.5 Å². The molecule has 1 unspecified atom stereocenters. The van der Waals surface area contributed by atoms with Crippen LogP contribution >= 0.6 is 0 Å². The molecule has 0 aromatic carbocycles. The summed E-state index contributed by atoms with van der Waals surface area (Å²) in [4.78, 5) is 11.6. The maximum atomic E-state index is 11.6. The van der Waals surface area contributed by atoms with Crippen LogP contribution in [0.4, 0.5) is 0 Å². The van der Waals surface area contributed by atoms with Crippen molar-refractivity contribution in [2.24, 2.45) is 17.1 Å². The molecule has 3 N–H and O–H groups in total. The summed E-state index contributed by atoms with van der Waals surface area (Å²) in [5, 5.41) is 2.85. The molecule has 0 heterocycles. The highest BCUT2D eigenvalue weighted by molar-refractivity contribution is 5.76. The zero-order valence-electron chi connectivity index (χ0n) is 12.0. The maximum absolute atomic E-state index is 11.6. The fraction of sp³-hybridized carbons (Fsp3) is 0.929. The second-order valence-electron chi connectivity index (χ2n) is 6.60. The van der Waals surface area contributed by atoms with E-state index in [4.69, 9.17) is 10.5 Å². The Morgan fingerprint density at radius 3 is 2.67 bits per heavy atom. The lowest BCUT2D eigenvalue weighted by Gasteiger charge is -2.22. The monoisotopic (exact) mass is 256 g/mol. The first-order valence-electron chi connectivity index (χ1n) is 6.97. The largest absolute Gasteiger partial charge is 0.379 e. The van der Waals surface area contributed by atoms with Gasteiger partial charge in [-0.05, 0) is 30.6 Å². The Kier molecular flexibility index (Phi) is 6.09. The highest BCUT2D eigenvalue weighted by atomic mass is 16.5. The van der Waals surface area contributed by atoms with Crippen molar-refractivity contribution in [3.8, 4) is 0 Å². The van der Waals surface area contributed by atoms with Crippen LogP contribution in [0.3, 0.4) is 0 Å². The second kappa shape index (κ2) is 7.10. The van der Waals surface area contributed by atoms with Gasteiger partial charge >= 0.3 is 0 Å². The second-order valence-corrected chi connectivity index (χ2v) is 6.60. The van der Waals surface area contributed by atoms with Gasteiger partial charge in [0, 0.05) is 25.6 Å². The number of nitrogens with two attached hydrogens (primary N) is 1. The van der Waals surface area contributed by atoms with Crippen LogP contribution in [0.5, 0.6) is 0 Å². The minimum absolute atomic E-state index is 0.0294. The minimum atomic E-state index is -0.0580. The zero-order chi connectivity index (χ0) is 13.6. The summed E-state index contributed by atoms with van der Waals surface area (Å²) in [7, 11) is 0. The molecule has 1 atom stereocenters. The normalized spacial score (nSPS) is 17.6. The van der Waals surface area contributed by atoms with Crippen LogP contribution in [-0.4, -0.2) is 31.7 Å². The molecule has 4 heteroatoms. The van der Waals surface area contributed by atoms with E-state index in [9.17, 15) is 4.79 Å². The standard InChI is InChI=1S/C14H28N2O2/c1-14(2,3)9-12(15)8-13(17)16-6-7-18-10-11-4-5-11/h11-12H,4-10,15H2,1-3H3,(H,16,17). The SMILES string of the molecule is CC(C)(C)CC(N)CC(=O)NCCOCC1CC1. The molecule has 4 nitrogen and oxygen atoms in total. The van der Waals surface area contributed by atoms with E-state index in [-0.39, 0.29) is 17.4 Å². The number of nitrogens with one attached hydrogen (secondary N) is 1. The summed E-state index contributed by atoms with van der Waals surface area (Å²) >= 11 is 0. The van der Waals surface area contributed by atoms with Gasteiger partial charge in [0.25, 0.3) is 0 Å². The van der Waals surface area contributed by atoms with Crippen LogP contribution in [0.2, 0.25) is 0 Å². The van der Waals surface area contributed by atoms with Crippen molar-refractivity contribution in [2.45, 2.75) is 52.5 Å². The predicted octanol–water partition coefficient (Wildman–Crippen LogP) is 1.68. The molecule has 0 saturated heterocycles. The molecule has 1 rings (SSSR count). The first-order chi connectivity index (χ1) is 8.37. The Morgan fingerprint density at radius 1 is 1.44 bits per heavy atom. The van der Waals surface area contributed by atoms with Gasteiger partial charge in [-0.15, -0.1) is 0 Å². The summed E-state index contributed by atoms with van der Waals surface area (Å²) in [5.41, 5.74) is 6.12. The molecule has 18 heavy (non-hydrogen) atoms. The van der Waals surface area contributed by atoms with E-state index < -0.39 is 0 Å². The number of hydrogen-bond donors (Lipinski definition) is 2. The average molecular weight is 256 g/mol. The summed E-state index contributed by atoms with van der Waals surface area (Å²) < 4.78 is 5.45. The summed E-state index contributed by atoms with van der Waals surface area (Å²) in [6.07, 6.45) is 3.86. The number of hydrogen-bond acceptors (Lipinski definition) is 3. The molecular formula is C14H28N2O2. The van der Waals surface area contributed by atoms with Gasteiger partial charge in [0.05, 0.1) is 6.61 Å². The van der Waals surface area contributed by atoms with Crippen molar-refractivity contribution < 1.29 is 9.53 Å². The van der Waals surface area contributed by atoms with Gasteiger partial charge in [-0.2, -0.15) is 0 Å². The van der Waals surface area contributed by atoms with Crippen LogP contribution in [-0.2, 0) is 9.53 Å². The molecule has 0 aromatic heterocycles. The minimum Gasteiger partial charge on any atom is -0.379 e. The van der Waals surface area contributed by atoms with Gasteiger partial charge in [-0.25, -0.2) is 0 Å². The molecule has 1 saturated carbocycles. The van der Waals surface area contributed by atoms with E-state index in [1.165, 1.54) is 12.8 Å². The van der Waals surface area contributed by atoms with Crippen LogP contribution in [0.15, 0.2) is 0 Å². The van der Waals surface area contributed by atoms with Crippen molar-refractivity contribution in [2.75, 3.05) is 19.8 Å². The van der Waals surface area contributed by atoms with Gasteiger partial charge in [0.1, 0.15) is 0 Å². The number of carbonyl (C=O) groups is 1. The van der Waals surface area contributed by atoms with E-state index in [1.807, 2.05) is 0 Å². The van der Waals surface area contributed by atoms with Gasteiger partial charge in [-0.1, -0.05) is 20.8 Å². The molecule has 106 valence electrons. The Morgan fingerprint density at radius 2 is 2.11 bits per heavy atom.